The Morgan fingerprint density at radius 3 is 2.56 bits per heavy atom. The summed E-state index contributed by atoms with van der Waals surface area (Å²) in [6.07, 6.45) is 0.972. The van der Waals surface area contributed by atoms with Gasteiger partial charge in [0.2, 0.25) is 0 Å². The van der Waals surface area contributed by atoms with Crippen molar-refractivity contribution in [2.45, 2.75) is 18.4 Å². The second-order valence-corrected chi connectivity index (χ2v) is 7.43. The van der Waals surface area contributed by atoms with Crippen molar-refractivity contribution in [2.24, 2.45) is 11.7 Å². The highest BCUT2D eigenvalue weighted by Gasteiger charge is 2.43. The van der Waals surface area contributed by atoms with Crippen LogP contribution in [-0.2, 0) is 6.42 Å². The minimum Gasteiger partial charge on any atom is -0.384 e. The molecule has 27 heavy (non-hydrogen) atoms. The molecule has 0 radical (unpaired) electrons. The van der Waals surface area contributed by atoms with E-state index >= 15 is 0 Å². The van der Waals surface area contributed by atoms with E-state index in [4.69, 9.17) is 11.1 Å². The highest BCUT2D eigenvalue weighted by Crippen LogP contribution is 2.53. The van der Waals surface area contributed by atoms with Crippen LogP contribution in [0.15, 0.2) is 66.7 Å². The summed E-state index contributed by atoms with van der Waals surface area (Å²) in [6, 6.07) is 21.4. The first-order valence-corrected chi connectivity index (χ1v) is 9.20. The molecule has 3 unspecified atom stereocenters. The number of rotatable bonds is 2. The molecule has 1 aliphatic carbocycles. The summed E-state index contributed by atoms with van der Waals surface area (Å²) in [6.45, 7) is 0. The molecule has 3 atom stereocenters. The van der Waals surface area contributed by atoms with E-state index in [1.807, 2.05) is 30.3 Å². The van der Waals surface area contributed by atoms with E-state index in [1.165, 1.54) is 28.8 Å². The van der Waals surface area contributed by atoms with Crippen LogP contribution in [-0.4, -0.2) is 5.84 Å². The van der Waals surface area contributed by atoms with E-state index in [1.54, 1.807) is 0 Å². The molecule has 4 heteroatoms. The van der Waals surface area contributed by atoms with Crippen molar-refractivity contribution < 1.29 is 4.39 Å². The molecule has 0 aromatic heterocycles. The normalized spacial score (nSPS) is 22.3. The van der Waals surface area contributed by atoms with Gasteiger partial charge < -0.3 is 11.1 Å². The van der Waals surface area contributed by atoms with Crippen LogP contribution in [0.1, 0.15) is 39.8 Å². The van der Waals surface area contributed by atoms with E-state index < -0.39 is 0 Å². The van der Waals surface area contributed by atoms with E-state index in [-0.39, 0.29) is 23.6 Å². The Morgan fingerprint density at radius 2 is 1.78 bits per heavy atom. The molecule has 0 amide bonds. The number of anilines is 1. The third-order valence-electron chi connectivity index (χ3n) is 5.94. The van der Waals surface area contributed by atoms with Crippen LogP contribution in [0, 0.1) is 17.1 Å². The molecule has 0 bridgehead atoms. The van der Waals surface area contributed by atoms with Crippen molar-refractivity contribution in [3.8, 4) is 0 Å². The Hall–Kier alpha value is -3.14. The minimum absolute atomic E-state index is 0.0845. The van der Waals surface area contributed by atoms with Gasteiger partial charge in [-0.2, -0.15) is 0 Å². The van der Waals surface area contributed by atoms with E-state index in [2.05, 4.69) is 29.6 Å². The molecule has 3 aromatic carbocycles. The van der Waals surface area contributed by atoms with Gasteiger partial charge in [-0.3, -0.25) is 5.41 Å². The molecule has 5 rings (SSSR count). The first-order chi connectivity index (χ1) is 13.1. The average Bonchev–Trinajstić information content (AvgIpc) is 3.07. The van der Waals surface area contributed by atoms with E-state index in [0.717, 1.165) is 23.2 Å². The van der Waals surface area contributed by atoms with Crippen LogP contribution in [0.25, 0.3) is 0 Å². The van der Waals surface area contributed by atoms with Gasteiger partial charge in [-0.1, -0.05) is 36.4 Å². The molecule has 0 saturated carbocycles. The van der Waals surface area contributed by atoms with E-state index in [0.29, 0.717) is 5.92 Å². The SMILES string of the molecule is N=C(N)c1ccc2c(c1)C1c3ccccc3CC1C(c1ccc(F)cc1)N2. The maximum atomic E-state index is 13.4. The van der Waals surface area contributed by atoms with E-state index in [9.17, 15) is 4.39 Å². The number of hydrogen-bond acceptors (Lipinski definition) is 2. The zero-order valence-corrected chi connectivity index (χ0v) is 14.7. The number of fused-ring (bicyclic) bond motifs is 5. The van der Waals surface area contributed by atoms with Crippen molar-refractivity contribution in [2.75, 3.05) is 5.32 Å². The van der Waals surface area contributed by atoms with Crippen LogP contribution in [0.5, 0.6) is 0 Å². The Morgan fingerprint density at radius 1 is 1.00 bits per heavy atom. The van der Waals surface area contributed by atoms with Gasteiger partial charge in [0.1, 0.15) is 11.7 Å². The average molecular weight is 357 g/mol. The van der Waals surface area contributed by atoms with Gasteiger partial charge in [0.05, 0.1) is 6.04 Å². The van der Waals surface area contributed by atoms with Crippen LogP contribution in [0.2, 0.25) is 0 Å². The molecule has 3 aromatic rings. The van der Waals surface area contributed by atoms with Gasteiger partial charge in [0.15, 0.2) is 0 Å². The van der Waals surface area contributed by atoms with Crippen molar-refractivity contribution in [1.82, 2.24) is 0 Å². The number of amidine groups is 1. The molecule has 0 spiro atoms. The fourth-order valence-electron chi connectivity index (χ4n) is 4.73. The van der Waals surface area contributed by atoms with Gasteiger partial charge in [-0.05, 0) is 64.9 Å². The molecule has 134 valence electrons. The van der Waals surface area contributed by atoms with Crippen molar-refractivity contribution in [1.29, 1.82) is 5.41 Å². The Kier molecular flexibility index (Phi) is 3.54. The second kappa shape index (κ2) is 5.95. The third kappa shape index (κ3) is 2.52. The summed E-state index contributed by atoms with van der Waals surface area (Å²) in [5.41, 5.74) is 12.5. The van der Waals surface area contributed by atoms with Crippen LogP contribution in [0.3, 0.4) is 0 Å². The molecular weight excluding hydrogens is 337 g/mol. The molecular formula is C23H20FN3. The maximum Gasteiger partial charge on any atom is 0.123 e. The smallest absolute Gasteiger partial charge is 0.123 e. The van der Waals surface area contributed by atoms with Gasteiger partial charge in [-0.15, -0.1) is 0 Å². The molecule has 0 saturated heterocycles. The fourth-order valence-corrected chi connectivity index (χ4v) is 4.73. The lowest BCUT2D eigenvalue weighted by Gasteiger charge is -2.38. The Labute approximate surface area is 157 Å². The van der Waals surface area contributed by atoms with Gasteiger partial charge in [0.25, 0.3) is 0 Å². The van der Waals surface area contributed by atoms with Crippen LogP contribution < -0.4 is 11.1 Å². The zero-order valence-electron chi connectivity index (χ0n) is 14.7. The predicted octanol–water partition coefficient (Wildman–Crippen LogP) is 4.58. The lowest BCUT2D eigenvalue weighted by atomic mass is 9.75. The summed E-state index contributed by atoms with van der Waals surface area (Å²) in [5.74, 6) is 0.447. The fraction of sp³-hybridized carbons (Fsp3) is 0.174. The lowest BCUT2D eigenvalue weighted by Crippen LogP contribution is -2.30. The highest BCUT2D eigenvalue weighted by atomic mass is 19.1. The predicted molar refractivity (Wildman–Crippen MR) is 106 cm³/mol. The van der Waals surface area contributed by atoms with Gasteiger partial charge >= 0.3 is 0 Å². The number of halogens is 1. The summed E-state index contributed by atoms with van der Waals surface area (Å²) in [4.78, 5) is 0. The van der Waals surface area contributed by atoms with Crippen LogP contribution in [0.4, 0.5) is 10.1 Å². The zero-order chi connectivity index (χ0) is 18.5. The summed E-state index contributed by atoms with van der Waals surface area (Å²) < 4.78 is 13.4. The third-order valence-corrected chi connectivity index (χ3v) is 5.94. The topological polar surface area (TPSA) is 61.9 Å². The number of nitrogens with one attached hydrogen (secondary N) is 2. The van der Waals surface area contributed by atoms with Crippen LogP contribution >= 0.6 is 0 Å². The molecule has 1 aliphatic heterocycles. The molecule has 1 heterocycles. The number of nitrogen functional groups attached to an aromatic ring is 1. The molecule has 3 nitrogen and oxygen atoms in total. The highest BCUT2D eigenvalue weighted by molar-refractivity contribution is 5.95. The summed E-state index contributed by atoms with van der Waals surface area (Å²) >= 11 is 0. The van der Waals surface area contributed by atoms with Crippen molar-refractivity contribution in [3.63, 3.8) is 0 Å². The first kappa shape index (κ1) is 16.1. The largest absolute Gasteiger partial charge is 0.384 e. The quantitative estimate of drug-likeness (QED) is 0.464. The number of benzene rings is 3. The summed E-state index contributed by atoms with van der Waals surface area (Å²) in [5, 5.41) is 11.5. The minimum atomic E-state index is -0.215. The maximum absolute atomic E-state index is 13.4. The molecule has 4 N–H and O–H groups in total. The van der Waals surface area contributed by atoms with Crippen molar-refractivity contribution in [3.05, 3.63) is 100 Å². The van der Waals surface area contributed by atoms with Gasteiger partial charge in [0, 0.05) is 17.2 Å². The molecule has 0 fully saturated rings. The number of nitrogens with two attached hydrogens (primary N) is 1. The number of hydrogen-bond donors (Lipinski definition) is 3. The monoisotopic (exact) mass is 357 g/mol. The Bertz CT molecular complexity index is 1040. The van der Waals surface area contributed by atoms with Crippen molar-refractivity contribution >= 4 is 11.5 Å². The van der Waals surface area contributed by atoms with Gasteiger partial charge in [-0.25, -0.2) is 4.39 Å². The Balaban J connectivity index is 1.68. The second-order valence-electron chi connectivity index (χ2n) is 7.43. The molecule has 2 aliphatic rings. The standard InChI is InChI=1S/C23H20FN3/c24-16-8-5-13(6-9-16)22-19-11-14-3-1-2-4-17(14)21(19)18-12-15(23(25)26)7-10-20(18)27-22/h1-10,12,19,21-22,27H,11H2,(H3,25,26). The lowest BCUT2D eigenvalue weighted by molar-refractivity contribution is 0.420. The first-order valence-electron chi connectivity index (χ1n) is 9.20. The summed E-state index contributed by atoms with van der Waals surface area (Å²) in [7, 11) is 0.